The Bertz CT molecular complexity index is 787. The van der Waals surface area contributed by atoms with Gasteiger partial charge in [0.2, 0.25) is 9.84 Å². The van der Waals surface area contributed by atoms with Gasteiger partial charge in [0.25, 0.3) is 0 Å². The Balaban J connectivity index is 2.26. The number of ether oxygens (including phenoxy) is 1. The van der Waals surface area contributed by atoms with Crippen LogP contribution in [0.2, 0.25) is 0 Å². The summed E-state index contributed by atoms with van der Waals surface area (Å²) >= 11 is 0. The molecule has 0 radical (unpaired) electrons. The molecule has 0 atom stereocenters. The molecule has 0 saturated heterocycles. The smallest absolute Gasteiger partial charge is 0.213 e. The van der Waals surface area contributed by atoms with E-state index < -0.39 is 15.6 Å². The van der Waals surface area contributed by atoms with E-state index in [9.17, 15) is 18.6 Å². The molecule has 0 amide bonds. The maximum atomic E-state index is 12.5. The zero-order valence-electron chi connectivity index (χ0n) is 10.6. The summed E-state index contributed by atoms with van der Waals surface area (Å²) in [5.41, 5.74) is 0.0859. The standard InChI is InChI=1S/C14H12O5S/c1-14(15,16)9-6-7-11-13(8-9)20(17,18)12-5-3-2-4-10(12)19-11/h2-8,15-16H,1H3. The van der Waals surface area contributed by atoms with E-state index in [1.54, 1.807) is 18.2 Å². The predicted molar refractivity (Wildman–Crippen MR) is 70.2 cm³/mol. The minimum absolute atomic E-state index is 0.0666. The van der Waals surface area contributed by atoms with E-state index in [-0.39, 0.29) is 26.9 Å². The molecule has 2 N–H and O–H groups in total. The van der Waals surface area contributed by atoms with Gasteiger partial charge in [0, 0.05) is 5.56 Å². The van der Waals surface area contributed by atoms with Crippen molar-refractivity contribution in [2.45, 2.75) is 22.5 Å². The highest BCUT2D eigenvalue weighted by Crippen LogP contribution is 2.43. The summed E-state index contributed by atoms with van der Waals surface area (Å²) in [7, 11) is -3.73. The molecule has 0 aromatic heterocycles. The number of rotatable bonds is 1. The first-order chi connectivity index (χ1) is 9.30. The average molecular weight is 292 g/mol. The van der Waals surface area contributed by atoms with Crippen molar-refractivity contribution in [2.75, 3.05) is 0 Å². The lowest BCUT2D eigenvalue weighted by atomic mass is 10.1. The topological polar surface area (TPSA) is 83.8 Å². The van der Waals surface area contributed by atoms with Crippen molar-refractivity contribution in [3.63, 3.8) is 0 Å². The fraction of sp³-hybridized carbons (Fsp3) is 0.143. The highest BCUT2D eigenvalue weighted by atomic mass is 32.2. The zero-order chi connectivity index (χ0) is 14.5. The van der Waals surface area contributed by atoms with Crippen LogP contribution >= 0.6 is 0 Å². The second-order valence-electron chi connectivity index (χ2n) is 4.73. The van der Waals surface area contributed by atoms with E-state index in [0.717, 1.165) is 0 Å². The van der Waals surface area contributed by atoms with Gasteiger partial charge in [-0.25, -0.2) is 8.42 Å². The van der Waals surface area contributed by atoms with Crippen LogP contribution in [-0.4, -0.2) is 18.6 Å². The van der Waals surface area contributed by atoms with E-state index in [1.165, 1.54) is 31.2 Å². The summed E-state index contributed by atoms with van der Waals surface area (Å²) < 4.78 is 30.6. The first-order valence-corrected chi connectivity index (χ1v) is 7.40. The van der Waals surface area contributed by atoms with E-state index in [4.69, 9.17) is 4.74 Å². The lowest BCUT2D eigenvalue weighted by Gasteiger charge is -2.23. The first-order valence-electron chi connectivity index (χ1n) is 5.91. The highest BCUT2D eigenvalue weighted by molar-refractivity contribution is 7.91. The largest absolute Gasteiger partial charge is 0.455 e. The van der Waals surface area contributed by atoms with E-state index >= 15 is 0 Å². The molecular weight excluding hydrogens is 280 g/mol. The monoisotopic (exact) mass is 292 g/mol. The molecule has 6 heteroatoms. The average Bonchev–Trinajstić information content (AvgIpc) is 2.37. The van der Waals surface area contributed by atoms with Crippen molar-refractivity contribution in [1.29, 1.82) is 0 Å². The molecule has 2 aromatic carbocycles. The van der Waals surface area contributed by atoms with Crippen LogP contribution in [0.3, 0.4) is 0 Å². The fourth-order valence-electron chi connectivity index (χ4n) is 2.09. The third-order valence-electron chi connectivity index (χ3n) is 3.14. The Kier molecular flexibility index (Phi) is 2.66. The molecule has 1 aliphatic heterocycles. The first kappa shape index (κ1) is 13.1. The van der Waals surface area contributed by atoms with Crippen molar-refractivity contribution in [3.05, 3.63) is 48.0 Å². The van der Waals surface area contributed by atoms with E-state index in [0.29, 0.717) is 0 Å². The van der Waals surface area contributed by atoms with E-state index in [2.05, 4.69) is 0 Å². The van der Waals surface area contributed by atoms with Crippen LogP contribution in [0.25, 0.3) is 0 Å². The van der Waals surface area contributed by atoms with Crippen molar-refractivity contribution in [2.24, 2.45) is 0 Å². The molecule has 0 spiro atoms. The lowest BCUT2D eigenvalue weighted by molar-refractivity contribution is -0.152. The normalized spacial score (nSPS) is 15.9. The number of hydrogen-bond donors (Lipinski definition) is 2. The number of para-hydroxylation sites is 1. The maximum absolute atomic E-state index is 12.5. The number of hydrogen-bond acceptors (Lipinski definition) is 5. The molecule has 20 heavy (non-hydrogen) atoms. The summed E-state index contributed by atoms with van der Waals surface area (Å²) in [6.45, 7) is 1.17. The molecule has 104 valence electrons. The fourth-order valence-corrected chi connectivity index (χ4v) is 3.62. The molecule has 1 aliphatic rings. The Morgan fingerprint density at radius 3 is 2.35 bits per heavy atom. The van der Waals surface area contributed by atoms with E-state index in [1.807, 2.05) is 0 Å². The second-order valence-corrected chi connectivity index (χ2v) is 6.62. The van der Waals surface area contributed by atoms with Gasteiger partial charge >= 0.3 is 0 Å². The van der Waals surface area contributed by atoms with Crippen LogP contribution in [0.1, 0.15) is 12.5 Å². The Labute approximate surface area is 116 Å². The van der Waals surface area contributed by atoms with Crippen LogP contribution in [-0.2, 0) is 15.6 Å². The van der Waals surface area contributed by atoms with Crippen molar-refractivity contribution < 1.29 is 23.4 Å². The van der Waals surface area contributed by atoms with Gasteiger partial charge in [0.15, 0.2) is 5.79 Å². The summed E-state index contributed by atoms with van der Waals surface area (Å²) in [6.07, 6.45) is 0. The van der Waals surface area contributed by atoms with Gasteiger partial charge in [-0.2, -0.15) is 0 Å². The quantitative estimate of drug-likeness (QED) is 0.668. The highest BCUT2D eigenvalue weighted by Gasteiger charge is 2.33. The van der Waals surface area contributed by atoms with Gasteiger partial charge in [-0.3, -0.25) is 0 Å². The Morgan fingerprint density at radius 2 is 1.65 bits per heavy atom. The molecule has 2 aromatic rings. The van der Waals surface area contributed by atoms with Gasteiger partial charge in [-0.1, -0.05) is 12.1 Å². The minimum atomic E-state index is -3.73. The number of fused-ring (bicyclic) bond motifs is 2. The molecule has 3 rings (SSSR count). The van der Waals surface area contributed by atoms with Gasteiger partial charge in [-0.15, -0.1) is 0 Å². The predicted octanol–water partition coefficient (Wildman–Crippen LogP) is 1.78. The van der Waals surface area contributed by atoms with Crippen LogP contribution in [0.5, 0.6) is 11.5 Å². The molecule has 5 nitrogen and oxygen atoms in total. The number of sulfone groups is 1. The van der Waals surface area contributed by atoms with Gasteiger partial charge in [0.05, 0.1) is 0 Å². The number of benzene rings is 2. The molecule has 0 aliphatic carbocycles. The molecule has 0 fully saturated rings. The molecular formula is C14H12O5S. The SMILES string of the molecule is CC(O)(O)c1ccc2c(c1)S(=O)(=O)c1ccccc1O2. The van der Waals surface area contributed by atoms with Crippen LogP contribution < -0.4 is 4.74 Å². The van der Waals surface area contributed by atoms with Crippen LogP contribution in [0, 0.1) is 0 Å². The maximum Gasteiger partial charge on any atom is 0.213 e. The Hall–Kier alpha value is -1.89. The van der Waals surface area contributed by atoms with Crippen molar-refractivity contribution >= 4 is 9.84 Å². The third-order valence-corrected chi connectivity index (χ3v) is 4.95. The molecule has 1 heterocycles. The third kappa shape index (κ3) is 1.89. The summed E-state index contributed by atoms with van der Waals surface area (Å²) in [5, 5.41) is 19.2. The zero-order valence-corrected chi connectivity index (χ0v) is 11.4. The van der Waals surface area contributed by atoms with Crippen LogP contribution in [0.4, 0.5) is 0 Å². The molecule has 0 bridgehead atoms. The number of aliphatic hydroxyl groups is 2. The van der Waals surface area contributed by atoms with Gasteiger partial charge in [0.1, 0.15) is 21.3 Å². The Morgan fingerprint density at radius 1 is 1.00 bits per heavy atom. The molecule has 0 saturated carbocycles. The summed E-state index contributed by atoms with van der Waals surface area (Å²) in [4.78, 5) is 0.00487. The summed E-state index contributed by atoms with van der Waals surface area (Å²) in [5.74, 6) is -1.66. The summed E-state index contributed by atoms with van der Waals surface area (Å²) in [6, 6.07) is 10.4. The lowest BCUT2D eigenvalue weighted by Crippen LogP contribution is -2.21. The second kappa shape index (κ2) is 4.05. The molecule has 0 unspecified atom stereocenters. The van der Waals surface area contributed by atoms with Gasteiger partial charge < -0.3 is 14.9 Å². The van der Waals surface area contributed by atoms with Crippen molar-refractivity contribution in [1.82, 2.24) is 0 Å². The minimum Gasteiger partial charge on any atom is -0.455 e. The van der Waals surface area contributed by atoms with Gasteiger partial charge in [-0.05, 0) is 37.3 Å². The van der Waals surface area contributed by atoms with Crippen LogP contribution in [0.15, 0.2) is 52.3 Å². The van der Waals surface area contributed by atoms with Crippen molar-refractivity contribution in [3.8, 4) is 11.5 Å².